The number of hydrogen-bond donors (Lipinski definition) is 3. The normalized spacial score (nSPS) is 14.7. The second-order valence-corrected chi connectivity index (χ2v) is 26.4. The predicted molar refractivity (Wildman–Crippen MR) is 315 cm³/mol. The Morgan fingerprint density at radius 1 is 0.688 bits per heavy atom. The molecule has 3 amide bonds. The van der Waals surface area contributed by atoms with E-state index in [-0.39, 0.29) is 43.5 Å². The molecule has 2 unspecified atom stereocenters. The smallest absolute Gasteiger partial charge is 0.410 e. The number of amides is 3. The number of pyridine rings is 2. The molecule has 6 aromatic heterocycles. The van der Waals surface area contributed by atoms with Gasteiger partial charge in [-0.05, 0) is 132 Å². The molecule has 0 bridgehead atoms. The van der Waals surface area contributed by atoms with Crippen molar-refractivity contribution >= 4 is 99.8 Å². The maximum atomic E-state index is 13.3. The largest absolute Gasteiger partial charge is 0.481 e. The summed E-state index contributed by atoms with van der Waals surface area (Å²) < 4.78 is 13.1. The zero-order valence-corrected chi connectivity index (χ0v) is 50.7. The topological polar surface area (TPSA) is 210 Å². The van der Waals surface area contributed by atoms with Crippen LogP contribution in [0.4, 0.5) is 19.6 Å². The molecule has 2 atom stereocenters. The van der Waals surface area contributed by atoms with E-state index in [1.165, 1.54) is 36.0 Å². The number of aliphatic carboxylic acids is 1. The minimum absolute atomic E-state index is 0.0239. The van der Waals surface area contributed by atoms with Crippen molar-refractivity contribution in [3.8, 4) is 21.1 Å². The van der Waals surface area contributed by atoms with Gasteiger partial charge < -0.3 is 35.4 Å². The quantitative estimate of drug-likeness (QED) is 0.0874. The molecule has 0 aliphatic carbocycles. The van der Waals surface area contributed by atoms with Gasteiger partial charge in [-0.2, -0.15) is 0 Å². The lowest BCUT2D eigenvalue weighted by Crippen LogP contribution is -2.43. The lowest BCUT2D eigenvalue weighted by Gasteiger charge is -2.31. The average molecular weight is 1130 g/mol. The number of carbonyl (C=O) groups is 4. The first kappa shape index (κ1) is 60.9. The highest BCUT2D eigenvalue weighted by atomic mass is 32.1. The van der Waals surface area contributed by atoms with Crippen LogP contribution in [0, 0.1) is 0 Å². The van der Waals surface area contributed by atoms with Crippen molar-refractivity contribution in [1.29, 1.82) is 0 Å². The van der Waals surface area contributed by atoms with Crippen LogP contribution in [0.25, 0.3) is 41.6 Å². The Kier molecular flexibility index (Phi) is 21.0. The fourth-order valence-electron chi connectivity index (χ4n) is 8.76. The van der Waals surface area contributed by atoms with Gasteiger partial charge in [0, 0.05) is 103 Å². The standard InChI is InChI=1S/C28H39N5O3S2.C16H18N4S2.C12H23NO4/c1-8-18(4)33(27(35)36-28(5,6)7)14-11-23(34)31-26-24(25-30-20-15-29-12-9-21(20)37-25)19-10-13-32(17(2)3)16-22(19)38-26;1-9(2)20-6-4-10-13(8-20)21-15(17)14(10)16-19-11-7-18-5-3-12(11)22-16;1-6-9(2)13(8-7-10(14)15)11(16)17-12(3,4)5/h9,12,15,17-18H,8,10-11,13-14,16H2,1-7H3,(H,31,34);3,5,7,9H,4,6,8,17H2,1-2H3;9H,6-8H2,1-5H3,(H,14,15). The molecule has 0 saturated carbocycles. The van der Waals surface area contributed by atoms with Gasteiger partial charge in [-0.25, -0.2) is 19.6 Å². The highest BCUT2D eigenvalue weighted by Gasteiger charge is 2.32. The van der Waals surface area contributed by atoms with E-state index in [9.17, 15) is 19.2 Å². The SMILES string of the molecule is CC(C)N1CCc2c(sc(N)c2-c2nc3cnccc3s2)C1.CCC(C)N(CCC(=O)Nc1sc2c(c1-c1nc3cnccc3s1)CCN(C(C)C)C2)C(=O)OC(C)(C)C.CCC(C)N(CCC(=O)O)C(=O)OC(C)(C)C. The number of rotatable bonds is 15. The van der Waals surface area contributed by atoms with Crippen molar-refractivity contribution in [3.05, 3.63) is 57.8 Å². The molecule has 4 N–H and O–H groups in total. The van der Waals surface area contributed by atoms with Gasteiger partial charge in [-0.15, -0.1) is 45.3 Å². The molecule has 0 aromatic carbocycles. The molecule has 77 heavy (non-hydrogen) atoms. The summed E-state index contributed by atoms with van der Waals surface area (Å²) in [4.78, 5) is 77.3. The molecule has 8 heterocycles. The number of ether oxygens (including phenoxy) is 2. The predicted octanol–water partition coefficient (Wildman–Crippen LogP) is 12.8. The number of nitrogens with zero attached hydrogens (tertiary/aromatic N) is 8. The Labute approximate surface area is 470 Å². The molecule has 2 aliphatic rings. The number of aromatic nitrogens is 4. The van der Waals surface area contributed by atoms with Crippen molar-refractivity contribution in [2.75, 3.05) is 37.2 Å². The van der Waals surface area contributed by atoms with E-state index in [0.29, 0.717) is 18.6 Å². The van der Waals surface area contributed by atoms with E-state index in [4.69, 9.17) is 30.3 Å². The van der Waals surface area contributed by atoms with E-state index >= 15 is 0 Å². The number of nitrogens with one attached hydrogen (secondary N) is 1. The van der Waals surface area contributed by atoms with Crippen LogP contribution in [-0.4, -0.2) is 130 Å². The number of thiophene rings is 2. The van der Waals surface area contributed by atoms with Gasteiger partial charge in [0.05, 0.1) is 33.2 Å². The second kappa shape index (κ2) is 26.6. The van der Waals surface area contributed by atoms with Crippen LogP contribution in [0.3, 0.4) is 0 Å². The lowest BCUT2D eigenvalue weighted by atomic mass is 10.0. The monoisotopic (exact) mass is 1130 g/mol. The molecule has 0 fully saturated rings. The Morgan fingerprint density at radius 2 is 1.13 bits per heavy atom. The fourth-order valence-corrected chi connectivity index (χ4v) is 13.4. The molecule has 17 nitrogen and oxygen atoms in total. The van der Waals surface area contributed by atoms with Crippen LogP contribution in [0.15, 0.2) is 36.9 Å². The van der Waals surface area contributed by atoms with Gasteiger partial charge in [-0.1, -0.05) is 13.8 Å². The van der Waals surface area contributed by atoms with E-state index < -0.39 is 23.3 Å². The number of hydrogen-bond acceptors (Lipinski definition) is 17. The molecule has 420 valence electrons. The molecular formula is C56H80N10O7S4. The van der Waals surface area contributed by atoms with Gasteiger partial charge >= 0.3 is 18.2 Å². The van der Waals surface area contributed by atoms with Crippen LogP contribution < -0.4 is 11.1 Å². The minimum atomic E-state index is -0.915. The van der Waals surface area contributed by atoms with Crippen LogP contribution >= 0.6 is 45.3 Å². The minimum Gasteiger partial charge on any atom is -0.481 e. The Hall–Kier alpha value is -5.32. The van der Waals surface area contributed by atoms with E-state index in [1.54, 1.807) is 83.4 Å². The summed E-state index contributed by atoms with van der Waals surface area (Å²) in [7, 11) is 0. The summed E-state index contributed by atoms with van der Waals surface area (Å²) >= 11 is 6.72. The molecule has 2 aliphatic heterocycles. The van der Waals surface area contributed by atoms with E-state index in [1.807, 2.05) is 73.0 Å². The fraction of sp³-hybridized carbons (Fsp3) is 0.571. The van der Waals surface area contributed by atoms with Gasteiger partial charge in [0.2, 0.25) is 5.91 Å². The van der Waals surface area contributed by atoms with Gasteiger partial charge in [0.1, 0.15) is 37.3 Å². The first-order valence-corrected chi connectivity index (χ1v) is 30.0. The van der Waals surface area contributed by atoms with Crippen molar-refractivity contribution in [1.82, 2.24) is 39.5 Å². The van der Waals surface area contributed by atoms with Gasteiger partial charge in [0.25, 0.3) is 0 Å². The Bertz CT molecular complexity index is 2900. The lowest BCUT2D eigenvalue weighted by molar-refractivity contribution is -0.137. The van der Waals surface area contributed by atoms with Crippen molar-refractivity contribution < 1.29 is 33.8 Å². The number of carbonyl (C=O) groups excluding carboxylic acids is 3. The zero-order valence-electron chi connectivity index (χ0n) is 47.4. The molecule has 0 saturated heterocycles. The van der Waals surface area contributed by atoms with E-state index in [0.717, 1.165) is 93.2 Å². The summed E-state index contributed by atoms with van der Waals surface area (Å²) in [6, 6.07) is 4.98. The summed E-state index contributed by atoms with van der Waals surface area (Å²) in [5.74, 6) is -1.04. The first-order chi connectivity index (χ1) is 36.3. The molecule has 0 spiro atoms. The Morgan fingerprint density at radius 3 is 1.56 bits per heavy atom. The Balaban J connectivity index is 0.000000208. The third-order valence-corrected chi connectivity index (χ3v) is 17.7. The van der Waals surface area contributed by atoms with E-state index in [2.05, 4.69) is 52.8 Å². The maximum absolute atomic E-state index is 13.3. The summed E-state index contributed by atoms with van der Waals surface area (Å²) in [5.41, 5.74) is 11.9. The van der Waals surface area contributed by atoms with Gasteiger partial charge in [-0.3, -0.25) is 29.4 Å². The zero-order chi connectivity index (χ0) is 56.5. The maximum Gasteiger partial charge on any atom is 0.410 e. The number of anilines is 2. The van der Waals surface area contributed by atoms with Crippen molar-refractivity contribution in [2.24, 2.45) is 0 Å². The molecule has 21 heteroatoms. The summed E-state index contributed by atoms with van der Waals surface area (Å²) in [6.45, 7) is 32.1. The third-order valence-electron chi connectivity index (χ3n) is 13.4. The average Bonchev–Trinajstić information content (AvgIpc) is 4.18. The number of fused-ring (bicyclic) bond motifs is 4. The second-order valence-electron chi connectivity index (χ2n) is 22.1. The van der Waals surface area contributed by atoms with Crippen LogP contribution in [0.5, 0.6) is 0 Å². The highest BCUT2D eigenvalue weighted by molar-refractivity contribution is 7.23. The number of nitrogens with two attached hydrogens (primary N) is 1. The van der Waals surface area contributed by atoms with Crippen LogP contribution in [-0.2, 0) is 45.0 Å². The number of carboxylic acids is 1. The van der Waals surface area contributed by atoms with Crippen LogP contribution in [0.2, 0.25) is 0 Å². The van der Waals surface area contributed by atoms with Crippen LogP contribution in [0.1, 0.15) is 143 Å². The first-order valence-electron chi connectivity index (χ1n) is 26.7. The number of thiazole rings is 2. The summed E-state index contributed by atoms with van der Waals surface area (Å²) in [5, 5.41) is 15.5. The molecule has 0 radical (unpaired) electrons. The third kappa shape index (κ3) is 16.4. The number of nitrogen functional groups attached to an aromatic ring is 1. The molecule has 8 rings (SSSR count). The number of carboxylic acid groups (broad SMARTS) is 1. The van der Waals surface area contributed by atoms with Crippen molar-refractivity contribution in [2.45, 2.75) is 184 Å². The molecular weight excluding hydrogens is 1050 g/mol. The highest BCUT2D eigenvalue weighted by Crippen LogP contribution is 2.47. The molecule has 6 aromatic rings. The van der Waals surface area contributed by atoms with Gasteiger partial charge in [0.15, 0.2) is 0 Å². The van der Waals surface area contributed by atoms with Crippen molar-refractivity contribution in [3.63, 3.8) is 0 Å². The summed E-state index contributed by atoms with van der Waals surface area (Å²) in [6.07, 6.45) is 10.0.